The first-order valence-corrected chi connectivity index (χ1v) is 8.98. The number of anilines is 2. The Morgan fingerprint density at radius 1 is 0.893 bits per heavy atom. The second-order valence-electron chi connectivity index (χ2n) is 6.38. The van der Waals surface area contributed by atoms with Crippen molar-refractivity contribution >= 4 is 34.1 Å². The van der Waals surface area contributed by atoms with Crippen molar-refractivity contribution in [3.63, 3.8) is 0 Å². The van der Waals surface area contributed by atoms with E-state index in [9.17, 15) is 9.59 Å². The number of carbonyl (C=O) groups excluding carboxylic acids is 2. The lowest BCUT2D eigenvalue weighted by atomic mass is 10.2. The minimum absolute atomic E-state index is 0.0905. The number of aromatic nitrogens is 1. The van der Waals surface area contributed by atoms with Crippen molar-refractivity contribution in [2.24, 2.45) is 0 Å². The van der Waals surface area contributed by atoms with Crippen LogP contribution in [-0.2, 0) is 11.3 Å². The van der Waals surface area contributed by atoms with E-state index < -0.39 is 0 Å². The summed E-state index contributed by atoms with van der Waals surface area (Å²) in [7, 11) is 0. The maximum Gasteiger partial charge on any atom is 0.291 e. The first kappa shape index (κ1) is 17.6. The van der Waals surface area contributed by atoms with Gasteiger partial charge >= 0.3 is 0 Å². The summed E-state index contributed by atoms with van der Waals surface area (Å²) >= 11 is 0. The number of aryl methyl sites for hydroxylation is 1. The molecule has 0 aliphatic heterocycles. The third-order valence-electron chi connectivity index (χ3n) is 4.41. The van der Waals surface area contributed by atoms with Gasteiger partial charge in [0, 0.05) is 36.1 Å². The van der Waals surface area contributed by atoms with E-state index in [1.54, 1.807) is 36.4 Å². The Hall–Kier alpha value is -3.80. The number of hydrogen-bond acceptors (Lipinski definition) is 3. The molecule has 140 valence electrons. The van der Waals surface area contributed by atoms with E-state index in [0.29, 0.717) is 24.3 Å². The number of para-hydroxylation sites is 1. The van der Waals surface area contributed by atoms with Crippen LogP contribution in [0, 0.1) is 0 Å². The zero-order valence-corrected chi connectivity index (χ0v) is 15.1. The third-order valence-corrected chi connectivity index (χ3v) is 4.41. The van der Waals surface area contributed by atoms with Crippen LogP contribution in [0.2, 0.25) is 0 Å². The summed E-state index contributed by atoms with van der Waals surface area (Å²) < 4.78 is 7.14. The van der Waals surface area contributed by atoms with Crippen molar-refractivity contribution in [1.82, 2.24) is 4.57 Å². The summed E-state index contributed by atoms with van der Waals surface area (Å²) in [6.07, 6.45) is 3.78. The number of amides is 2. The molecule has 4 rings (SSSR count). The molecule has 2 aromatic heterocycles. The van der Waals surface area contributed by atoms with Crippen LogP contribution in [0.3, 0.4) is 0 Å². The molecule has 0 bridgehead atoms. The van der Waals surface area contributed by atoms with Crippen molar-refractivity contribution in [3.05, 3.63) is 85.0 Å². The Morgan fingerprint density at radius 2 is 1.71 bits per heavy atom. The van der Waals surface area contributed by atoms with E-state index in [4.69, 9.17) is 4.42 Å². The van der Waals surface area contributed by atoms with Crippen LogP contribution >= 0.6 is 0 Å². The number of fused-ring (bicyclic) bond motifs is 1. The fourth-order valence-corrected chi connectivity index (χ4v) is 3.06. The van der Waals surface area contributed by atoms with E-state index >= 15 is 0 Å². The fraction of sp³-hybridized carbons (Fsp3) is 0.0909. The Kier molecular flexibility index (Phi) is 4.93. The maximum atomic E-state index is 12.3. The van der Waals surface area contributed by atoms with E-state index in [1.165, 1.54) is 6.26 Å². The molecule has 6 heteroatoms. The summed E-state index contributed by atoms with van der Waals surface area (Å²) in [4.78, 5) is 24.4. The molecular weight excluding hydrogens is 354 g/mol. The molecule has 0 unspecified atom stereocenters. The van der Waals surface area contributed by atoms with Crippen LogP contribution in [0.15, 0.2) is 83.6 Å². The highest BCUT2D eigenvalue weighted by Crippen LogP contribution is 2.18. The van der Waals surface area contributed by atoms with Gasteiger partial charge in [-0.3, -0.25) is 9.59 Å². The molecule has 0 aliphatic rings. The smallest absolute Gasteiger partial charge is 0.291 e. The molecule has 0 saturated carbocycles. The molecule has 0 saturated heterocycles. The van der Waals surface area contributed by atoms with Gasteiger partial charge in [0.05, 0.1) is 6.26 Å². The first-order valence-electron chi connectivity index (χ1n) is 8.98. The number of nitrogens with zero attached hydrogens (tertiary/aromatic N) is 1. The van der Waals surface area contributed by atoms with Gasteiger partial charge in [0.25, 0.3) is 5.91 Å². The monoisotopic (exact) mass is 373 g/mol. The van der Waals surface area contributed by atoms with Crippen molar-refractivity contribution < 1.29 is 14.0 Å². The van der Waals surface area contributed by atoms with Crippen LogP contribution < -0.4 is 10.6 Å². The zero-order valence-electron chi connectivity index (χ0n) is 15.1. The average Bonchev–Trinajstić information content (AvgIpc) is 3.37. The van der Waals surface area contributed by atoms with Gasteiger partial charge in [0.15, 0.2) is 5.76 Å². The molecule has 28 heavy (non-hydrogen) atoms. The van der Waals surface area contributed by atoms with E-state index in [0.717, 1.165) is 10.9 Å². The molecule has 0 fully saturated rings. The van der Waals surface area contributed by atoms with Crippen molar-refractivity contribution in [2.75, 3.05) is 10.6 Å². The predicted octanol–water partition coefficient (Wildman–Crippen LogP) is 4.52. The van der Waals surface area contributed by atoms with E-state index in [-0.39, 0.29) is 17.6 Å². The maximum absolute atomic E-state index is 12.3. The van der Waals surface area contributed by atoms with Crippen LogP contribution in [0.5, 0.6) is 0 Å². The van der Waals surface area contributed by atoms with Gasteiger partial charge in [-0.2, -0.15) is 0 Å². The SMILES string of the molecule is O=C(CCn1ccc2ccccc21)Nc1cccc(NC(=O)c2ccco2)c1. The summed E-state index contributed by atoms with van der Waals surface area (Å²) in [5.41, 5.74) is 2.31. The summed E-state index contributed by atoms with van der Waals surface area (Å²) in [6.45, 7) is 0.592. The Balaban J connectivity index is 1.36. The van der Waals surface area contributed by atoms with Gasteiger partial charge in [-0.25, -0.2) is 0 Å². The third kappa shape index (κ3) is 3.96. The summed E-state index contributed by atoms with van der Waals surface area (Å²) in [6, 6.07) is 20.4. The highest BCUT2D eigenvalue weighted by atomic mass is 16.3. The van der Waals surface area contributed by atoms with Gasteiger partial charge in [-0.15, -0.1) is 0 Å². The number of hydrogen-bond donors (Lipinski definition) is 2. The van der Waals surface area contributed by atoms with Gasteiger partial charge in [0.2, 0.25) is 5.91 Å². The van der Waals surface area contributed by atoms with Crippen LogP contribution in [0.4, 0.5) is 11.4 Å². The van der Waals surface area contributed by atoms with E-state index in [1.807, 2.05) is 30.5 Å². The standard InChI is InChI=1S/C22H19N3O3/c26-21(11-13-25-12-10-16-5-1-2-8-19(16)25)23-17-6-3-7-18(15-17)24-22(27)20-9-4-14-28-20/h1-10,12,14-15H,11,13H2,(H,23,26)(H,24,27). The Labute approximate surface area is 161 Å². The normalized spacial score (nSPS) is 10.7. The molecule has 0 aliphatic carbocycles. The minimum atomic E-state index is -0.340. The zero-order chi connectivity index (χ0) is 19.3. The highest BCUT2D eigenvalue weighted by Gasteiger charge is 2.10. The molecule has 0 spiro atoms. The molecular formula is C22H19N3O3. The first-order chi connectivity index (χ1) is 13.7. The molecule has 4 aromatic rings. The van der Waals surface area contributed by atoms with Crippen LogP contribution in [0.1, 0.15) is 17.0 Å². The molecule has 2 N–H and O–H groups in total. The number of carbonyl (C=O) groups is 2. The van der Waals surface area contributed by atoms with Crippen LogP contribution in [-0.4, -0.2) is 16.4 Å². The lowest BCUT2D eigenvalue weighted by Gasteiger charge is -2.09. The number of rotatable bonds is 6. The summed E-state index contributed by atoms with van der Waals surface area (Å²) in [5.74, 6) is -0.200. The highest BCUT2D eigenvalue weighted by molar-refractivity contribution is 6.02. The topological polar surface area (TPSA) is 76.3 Å². The number of furan rings is 1. The molecule has 2 aromatic carbocycles. The largest absolute Gasteiger partial charge is 0.459 e. The lowest BCUT2D eigenvalue weighted by molar-refractivity contribution is -0.116. The molecule has 0 radical (unpaired) electrons. The second-order valence-corrected chi connectivity index (χ2v) is 6.38. The minimum Gasteiger partial charge on any atom is -0.459 e. The van der Waals surface area contributed by atoms with E-state index in [2.05, 4.69) is 21.3 Å². The lowest BCUT2D eigenvalue weighted by Crippen LogP contribution is -2.15. The van der Waals surface area contributed by atoms with Crippen molar-refractivity contribution in [1.29, 1.82) is 0 Å². The molecule has 0 atom stereocenters. The second kappa shape index (κ2) is 7.84. The number of benzene rings is 2. The Morgan fingerprint density at radius 3 is 2.54 bits per heavy atom. The molecule has 2 heterocycles. The Bertz CT molecular complexity index is 1110. The van der Waals surface area contributed by atoms with Crippen molar-refractivity contribution in [2.45, 2.75) is 13.0 Å². The molecule has 6 nitrogen and oxygen atoms in total. The predicted molar refractivity (Wildman–Crippen MR) is 108 cm³/mol. The molecule has 2 amide bonds. The fourth-order valence-electron chi connectivity index (χ4n) is 3.06. The van der Waals surface area contributed by atoms with Gasteiger partial charge in [-0.1, -0.05) is 24.3 Å². The summed E-state index contributed by atoms with van der Waals surface area (Å²) in [5, 5.41) is 6.77. The number of nitrogens with one attached hydrogen (secondary N) is 2. The average molecular weight is 373 g/mol. The quantitative estimate of drug-likeness (QED) is 0.522. The van der Waals surface area contributed by atoms with Crippen LogP contribution in [0.25, 0.3) is 10.9 Å². The van der Waals surface area contributed by atoms with Gasteiger partial charge < -0.3 is 19.6 Å². The van der Waals surface area contributed by atoms with Gasteiger partial charge in [-0.05, 0) is 47.9 Å². The van der Waals surface area contributed by atoms with Crippen molar-refractivity contribution in [3.8, 4) is 0 Å². The van der Waals surface area contributed by atoms with Gasteiger partial charge in [0.1, 0.15) is 0 Å².